The van der Waals surface area contributed by atoms with Gasteiger partial charge in [0.25, 0.3) is 0 Å². The van der Waals surface area contributed by atoms with E-state index in [1.165, 1.54) is 32.1 Å². The van der Waals surface area contributed by atoms with Crippen LogP contribution in [0.25, 0.3) is 0 Å². The number of allylic oxidation sites excluding steroid dienone is 1. The van der Waals surface area contributed by atoms with Gasteiger partial charge in [0.15, 0.2) is 0 Å². The first-order valence-corrected chi connectivity index (χ1v) is 8.12. The second kappa shape index (κ2) is 13.6. The molecule has 112 valence electrons. The lowest BCUT2D eigenvalue weighted by Gasteiger charge is -2.07. The molecule has 0 unspecified atom stereocenters. The van der Waals surface area contributed by atoms with Crippen LogP contribution in [0, 0.1) is 0 Å². The van der Waals surface area contributed by atoms with Gasteiger partial charge < -0.3 is 4.74 Å². The monoisotopic (exact) mass is 268 g/mol. The van der Waals surface area contributed by atoms with E-state index < -0.39 is 0 Å². The fourth-order valence-corrected chi connectivity index (χ4v) is 2.02. The molecule has 19 heavy (non-hydrogen) atoms. The number of unbranched alkanes of at least 4 members (excludes halogenated alkanes) is 6. The molecule has 0 N–H and O–H groups in total. The van der Waals surface area contributed by atoms with Crippen LogP contribution in [0.15, 0.2) is 11.6 Å². The molecule has 0 spiro atoms. The number of hydrogen-bond acceptors (Lipinski definition) is 2. The highest BCUT2D eigenvalue weighted by atomic mass is 16.5. The molecule has 0 heterocycles. The second-order valence-electron chi connectivity index (χ2n) is 5.17. The molecule has 0 aliphatic heterocycles. The maximum absolute atomic E-state index is 11.9. The quantitative estimate of drug-likeness (QED) is 0.268. The molecule has 0 aromatic rings. The Bertz CT molecular complexity index is 244. The Morgan fingerprint density at radius 1 is 0.895 bits per heavy atom. The largest absolute Gasteiger partial charge is 0.462 e. The van der Waals surface area contributed by atoms with E-state index in [9.17, 15) is 4.79 Å². The number of ether oxygens (including phenoxy) is 1. The van der Waals surface area contributed by atoms with E-state index in [-0.39, 0.29) is 5.97 Å². The molecule has 2 nitrogen and oxygen atoms in total. The smallest absolute Gasteiger partial charge is 0.333 e. The van der Waals surface area contributed by atoms with Gasteiger partial charge in [-0.3, -0.25) is 0 Å². The Labute approximate surface area is 119 Å². The van der Waals surface area contributed by atoms with Crippen LogP contribution in [0.2, 0.25) is 0 Å². The van der Waals surface area contributed by atoms with Crippen LogP contribution in [-0.2, 0) is 9.53 Å². The van der Waals surface area contributed by atoms with Crippen molar-refractivity contribution in [3.05, 3.63) is 11.6 Å². The molecule has 0 radical (unpaired) electrons. The minimum absolute atomic E-state index is 0.0936. The van der Waals surface area contributed by atoms with Crippen molar-refractivity contribution < 1.29 is 9.53 Å². The second-order valence-corrected chi connectivity index (χ2v) is 5.17. The lowest BCUT2D eigenvalue weighted by atomic mass is 10.1. The molecular formula is C17H32O2. The van der Waals surface area contributed by atoms with Crippen molar-refractivity contribution in [2.45, 2.75) is 85.0 Å². The normalized spacial score (nSPS) is 11.6. The Hall–Kier alpha value is -0.790. The summed E-state index contributed by atoms with van der Waals surface area (Å²) < 4.78 is 5.35. The maximum atomic E-state index is 11.9. The molecule has 0 fully saturated rings. The zero-order chi connectivity index (χ0) is 14.3. The zero-order valence-electron chi connectivity index (χ0n) is 13.2. The fraction of sp³-hybridized carbons (Fsp3) is 0.824. The first-order chi connectivity index (χ1) is 9.26. The van der Waals surface area contributed by atoms with Crippen LogP contribution in [0.1, 0.15) is 85.0 Å². The summed E-state index contributed by atoms with van der Waals surface area (Å²) in [5.41, 5.74) is 0.871. The van der Waals surface area contributed by atoms with E-state index in [0.717, 1.165) is 37.7 Å². The topological polar surface area (TPSA) is 26.3 Å². The minimum atomic E-state index is -0.0936. The number of carbonyl (C=O) groups excluding carboxylic acids is 1. The molecule has 2 heteroatoms. The average Bonchev–Trinajstić information content (AvgIpc) is 2.42. The average molecular weight is 268 g/mol. The highest BCUT2D eigenvalue weighted by molar-refractivity contribution is 5.88. The molecule has 0 amide bonds. The molecule has 0 saturated carbocycles. The summed E-state index contributed by atoms with van der Waals surface area (Å²) in [7, 11) is 0. The van der Waals surface area contributed by atoms with E-state index in [1.807, 2.05) is 6.08 Å². The third-order valence-electron chi connectivity index (χ3n) is 3.19. The summed E-state index contributed by atoms with van der Waals surface area (Å²) in [6.07, 6.45) is 13.3. The van der Waals surface area contributed by atoms with Crippen LogP contribution >= 0.6 is 0 Å². The van der Waals surface area contributed by atoms with Crippen LogP contribution in [-0.4, -0.2) is 12.6 Å². The van der Waals surface area contributed by atoms with Gasteiger partial charge in [0, 0.05) is 5.57 Å². The Balaban J connectivity index is 3.74. The van der Waals surface area contributed by atoms with Crippen molar-refractivity contribution in [2.75, 3.05) is 6.61 Å². The molecule has 0 atom stereocenters. The maximum Gasteiger partial charge on any atom is 0.333 e. The van der Waals surface area contributed by atoms with E-state index in [1.54, 1.807) is 0 Å². The first kappa shape index (κ1) is 18.2. The van der Waals surface area contributed by atoms with Gasteiger partial charge in [-0.15, -0.1) is 0 Å². The lowest BCUT2D eigenvalue weighted by molar-refractivity contribution is -0.139. The number of hydrogen-bond donors (Lipinski definition) is 0. The van der Waals surface area contributed by atoms with Gasteiger partial charge in [0.1, 0.15) is 0 Å². The van der Waals surface area contributed by atoms with E-state index >= 15 is 0 Å². The summed E-state index contributed by atoms with van der Waals surface area (Å²) in [5.74, 6) is -0.0936. The van der Waals surface area contributed by atoms with E-state index in [4.69, 9.17) is 4.74 Å². The highest BCUT2D eigenvalue weighted by Crippen LogP contribution is 2.11. The van der Waals surface area contributed by atoms with Crippen molar-refractivity contribution in [3.63, 3.8) is 0 Å². The van der Waals surface area contributed by atoms with E-state index in [0.29, 0.717) is 6.61 Å². The number of esters is 1. The van der Waals surface area contributed by atoms with Crippen LogP contribution in [0.3, 0.4) is 0 Å². The molecule has 0 aromatic heterocycles. The van der Waals surface area contributed by atoms with E-state index in [2.05, 4.69) is 20.8 Å². The van der Waals surface area contributed by atoms with Gasteiger partial charge in [-0.25, -0.2) is 4.79 Å². The molecular weight excluding hydrogens is 236 g/mol. The Morgan fingerprint density at radius 2 is 1.58 bits per heavy atom. The standard InChI is InChI=1S/C17H32O2/c1-4-7-9-10-11-12-15-19-17(18)16(13-6-3)14-8-5-2/h14H,4-13,15H2,1-3H3. The SMILES string of the molecule is CCCC=C(CCC)C(=O)OCCCCCCCC. The summed E-state index contributed by atoms with van der Waals surface area (Å²) in [5, 5.41) is 0. The summed E-state index contributed by atoms with van der Waals surface area (Å²) in [4.78, 5) is 11.9. The summed E-state index contributed by atoms with van der Waals surface area (Å²) in [6.45, 7) is 7.03. The van der Waals surface area contributed by atoms with Gasteiger partial charge in [-0.05, 0) is 19.3 Å². The molecule has 0 rings (SSSR count). The minimum Gasteiger partial charge on any atom is -0.462 e. The summed E-state index contributed by atoms with van der Waals surface area (Å²) >= 11 is 0. The number of carbonyl (C=O) groups is 1. The fourth-order valence-electron chi connectivity index (χ4n) is 2.02. The van der Waals surface area contributed by atoms with Crippen molar-refractivity contribution in [2.24, 2.45) is 0 Å². The highest BCUT2D eigenvalue weighted by Gasteiger charge is 2.09. The third kappa shape index (κ3) is 10.8. The van der Waals surface area contributed by atoms with Gasteiger partial charge >= 0.3 is 5.97 Å². The van der Waals surface area contributed by atoms with Crippen LogP contribution in [0.4, 0.5) is 0 Å². The van der Waals surface area contributed by atoms with Crippen LogP contribution < -0.4 is 0 Å². The lowest BCUT2D eigenvalue weighted by Crippen LogP contribution is -2.09. The predicted octanol–water partition coefficient (Wildman–Crippen LogP) is 5.42. The Morgan fingerprint density at radius 3 is 2.21 bits per heavy atom. The van der Waals surface area contributed by atoms with Gasteiger partial charge in [0.2, 0.25) is 0 Å². The molecule has 0 bridgehead atoms. The van der Waals surface area contributed by atoms with Gasteiger partial charge in [0.05, 0.1) is 6.61 Å². The number of rotatable bonds is 12. The van der Waals surface area contributed by atoms with Crippen molar-refractivity contribution in [1.82, 2.24) is 0 Å². The van der Waals surface area contributed by atoms with Gasteiger partial charge in [-0.2, -0.15) is 0 Å². The molecule has 0 aliphatic rings. The third-order valence-corrected chi connectivity index (χ3v) is 3.19. The van der Waals surface area contributed by atoms with Crippen LogP contribution in [0.5, 0.6) is 0 Å². The van der Waals surface area contributed by atoms with Crippen molar-refractivity contribution >= 4 is 5.97 Å². The molecule has 0 saturated heterocycles. The Kier molecular flexibility index (Phi) is 13.1. The predicted molar refractivity (Wildman–Crippen MR) is 82.2 cm³/mol. The molecule has 0 aromatic carbocycles. The first-order valence-electron chi connectivity index (χ1n) is 8.12. The van der Waals surface area contributed by atoms with Crippen molar-refractivity contribution in [3.8, 4) is 0 Å². The molecule has 0 aliphatic carbocycles. The zero-order valence-corrected chi connectivity index (χ0v) is 13.2. The van der Waals surface area contributed by atoms with Crippen molar-refractivity contribution in [1.29, 1.82) is 0 Å². The summed E-state index contributed by atoms with van der Waals surface area (Å²) in [6, 6.07) is 0. The van der Waals surface area contributed by atoms with Gasteiger partial charge in [-0.1, -0.05) is 71.8 Å².